The predicted molar refractivity (Wildman–Crippen MR) is 87.4 cm³/mol. The van der Waals surface area contributed by atoms with E-state index >= 15 is 0 Å². The maximum absolute atomic E-state index is 12.4. The summed E-state index contributed by atoms with van der Waals surface area (Å²) in [5, 5.41) is 3.65. The molecular formula is C14H20ClN3O2S. The molecule has 0 saturated carbocycles. The number of halogens is 1. The number of pyridine rings is 1. The van der Waals surface area contributed by atoms with Crippen molar-refractivity contribution in [3.8, 4) is 0 Å². The SMILES string of the molecule is CNC(C)CNS(=O)(=O)c1ccc(C)c2ncccc12.Cl. The number of aryl methyl sites for hydroxylation is 1. The third-order valence-corrected chi connectivity index (χ3v) is 4.77. The van der Waals surface area contributed by atoms with Crippen molar-refractivity contribution in [2.45, 2.75) is 24.8 Å². The van der Waals surface area contributed by atoms with Crippen LogP contribution in [-0.2, 0) is 10.0 Å². The molecule has 2 aromatic rings. The highest BCUT2D eigenvalue weighted by Gasteiger charge is 2.18. The molecule has 0 amide bonds. The second kappa shape index (κ2) is 7.17. The number of sulfonamides is 1. The van der Waals surface area contributed by atoms with Crippen LogP contribution in [-0.4, -0.2) is 33.0 Å². The van der Waals surface area contributed by atoms with Gasteiger partial charge in [-0.25, -0.2) is 13.1 Å². The summed E-state index contributed by atoms with van der Waals surface area (Å²) < 4.78 is 27.4. The molecule has 5 nitrogen and oxygen atoms in total. The molecule has 0 radical (unpaired) electrons. The van der Waals surface area contributed by atoms with Crippen LogP contribution < -0.4 is 10.0 Å². The Balaban J connectivity index is 0.00000220. The van der Waals surface area contributed by atoms with Crippen molar-refractivity contribution in [2.24, 2.45) is 0 Å². The van der Waals surface area contributed by atoms with Crippen LogP contribution >= 0.6 is 12.4 Å². The van der Waals surface area contributed by atoms with Gasteiger partial charge in [-0.1, -0.05) is 6.07 Å². The van der Waals surface area contributed by atoms with Crippen molar-refractivity contribution in [1.82, 2.24) is 15.0 Å². The third kappa shape index (κ3) is 3.91. The maximum Gasteiger partial charge on any atom is 0.241 e. The number of likely N-dealkylation sites (N-methyl/N-ethyl adjacent to an activating group) is 1. The summed E-state index contributed by atoms with van der Waals surface area (Å²) in [6, 6.07) is 7.01. The first-order valence-corrected chi connectivity index (χ1v) is 7.95. The highest BCUT2D eigenvalue weighted by atomic mass is 35.5. The molecule has 2 rings (SSSR count). The van der Waals surface area contributed by atoms with E-state index in [1.807, 2.05) is 13.8 Å². The van der Waals surface area contributed by atoms with Gasteiger partial charge in [0.25, 0.3) is 0 Å². The van der Waals surface area contributed by atoms with Crippen molar-refractivity contribution in [3.63, 3.8) is 0 Å². The van der Waals surface area contributed by atoms with E-state index in [-0.39, 0.29) is 23.3 Å². The van der Waals surface area contributed by atoms with E-state index in [1.165, 1.54) is 0 Å². The van der Waals surface area contributed by atoms with Crippen LogP contribution in [0, 0.1) is 6.92 Å². The van der Waals surface area contributed by atoms with E-state index in [1.54, 1.807) is 37.5 Å². The minimum atomic E-state index is -3.54. The van der Waals surface area contributed by atoms with Crippen molar-refractivity contribution in [2.75, 3.05) is 13.6 Å². The average molecular weight is 330 g/mol. The minimum absolute atomic E-state index is 0. The molecule has 0 aliphatic carbocycles. The van der Waals surface area contributed by atoms with Gasteiger partial charge >= 0.3 is 0 Å². The van der Waals surface area contributed by atoms with Gasteiger partial charge in [-0.3, -0.25) is 4.98 Å². The Labute approximate surface area is 131 Å². The molecule has 7 heteroatoms. The second-order valence-corrected chi connectivity index (χ2v) is 6.56. The summed E-state index contributed by atoms with van der Waals surface area (Å²) >= 11 is 0. The Morgan fingerprint density at radius 3 is 2.67 bits per heavy atom. The van der Waals surface area contributed by atoms with Gasteiger partial charge in [0.1, 0.15) is 0 Å². The summed E-state index contributed by atoms with van der Waals surface area (Å²) in [6.45, 7) is 4.17. The number of aromatic nitrogens is 1. The van der Waals surface area contributed by atoms with E-state index in [4.69, 9.17) is 0 Å². The van der Waals surface area contributed by atoms with Crippen LogP contribution in [0.3, 0.4) is 0 Å². The van der Waals surface area contributed by atoms with Crippen LogP contribution in [0.4, 0.5) is 0 Å². The Morgan fingerprint density at radius 1 is 1.29 bits per heavy atom. The normalized spacial score (nSPS) is 12.9. The average Bonchev–Trinajstić information content (AvgIpc) is 2.45. The fraction of sp³-hybridized carbons (Fsp3) is 0.357. The lowest BCUT2D eigenvalue weighted by molar-refractivity contribution is 0.555. The highest BCUT2D eigenvalue weighted by molar-refractivity contribution is 7.89. The van der Waals surface area contributed by atoms with Gasteiger partial charge in [-0.15, -0.1) is 12.4 Å². The highest BCUT2D eigenvalue weighted by Crippen LogP contribution is 2.23. The van der Waals surface area contributed by atoms with Gasteiger partial charge in [0.05, 0.1) is 10.4 Å². The molecule has 116 valence electrons. The molecule has 1 unspecified atom stereocenters. The van der Waals surface area contributed by atoms with Crippen molar-refractivity contribution >= 4 is 33.3 Å². The van der Waals surface area contributed by atoms with Crippen LogP contribution in [0.5, 0.6) is 0 Å². The summed E-state index contributed by atoms with van der Waals surface area (Å²) in [5.74, 6) is 0. The molecule has 0 bridgehead atoms. The molecule has 1 aromatic carbocycles. The summed E-state index contributed by atoms with van der Waals surface area (Å²) in [4.78, 5) is 4.53. The Hall–Kier alpha value is -1.21. The molecule has 21 heavy (non-hydrogen) atoms. The first-order valence-electron chi connectivity index (χ1n) is 6.47. The van der Waals surface area contributed by atoms with E-state index in [0.717, 1.165) is 11.1 Å². The standard InChI is InChI=1S/C14H19N3O2S.ClH/c1-10-6-7-13(12-5-4-8-16-14(10)12)20(18,19)17-9-11(2)15-3;/h4-8,11,15,17H,9H2,1-3H3;1H. The molecule has 0 spiro atoms. The number of fused-ring (bicyclic) bond motifs is 1. The van der Waals surface area contributed by atoms with Gasteiger partial charge in [0, 0.05) is 24.2 Å². The fourth-order valence-electron chi connectivity index (χ4n) is 1.94. The van der Waals surface area contributed by atoms with Gasteiger partial charge in [-0.05, 0) is 44.7 Å². The van der Waals surface area contributed by atoms with Crippen LogP contribution in [0.2, 0.25) is 0 Å². The Morgan fingerprint density at radius 2 is 2.00 bits per heavy atom. The summed E-state index contributed by atoms with van der Waals surface area (Å²) in [6.07, 6.45) is 1.67. The van der Waals surface area contributed by atoms with Gasteiger partial charge in [0.2, 0.25) is 10.0 Å². The smallest absolute Gasteiger partial charge is 0.241 e. The van der Waals surface area contributed by atoms with Crippen LogP contribution in [0.15, 0.2) is 35.4 Å². The molecule has 1 atom stereocenters. The molecule has 2 N–H and O–H groups in total. The van der Waals surface area contributed by atoms with Crippen LogP contribution in [0.25, 0.3) is 10.9 Å². The molecule has 0 fully saturated rings. The zero-order valence-electron chi connectivity index (χ0n) is 12.3. The fourth-order valence-corrected chi connectivity index (χ4v) is 3.26. The second-order valence-electron chi connectivity index (χ2n) is 4.82. The molecular weight excluding hydrogens is 310 g/mol. The van der Waals surface area contributed by atoms with E-state index in [0.29, 0.717) is 11.9 Å². The maximum atomic E-state index is 12.4. The molecule has 0 saturated heterocycles. The quantitative estimate of drug-likeness (QED) is 0.878. The molecule has 1 aromatic heterocycles. The monoisotopic (exact) mass is 329 g/mol. The Bertz CT molecular complexity index is 719. The van der Waals surface area contributed by atoms with Crippen molar-refractivity contribution < 1.29 is 8.42 Å². The lowest BCUT2D eigenvalue weighted by Gasteiger charge is -2.13. The van der Waals surface area contributed by atoms with Gasteiger partial charge in [-0.2, -0.15) is 0 Å². The summed E-state index contributed by atoms with van der Waals surface area (Å²) in [5.41, 5.74) is 1.68. The van der Waals surface area contributed by atoms with Crippen LogP contribution in [0.1, 0.15) is 12.5 Å². The minimum Gasteiger partial charge on any atom is -0.316 e. The third-order valence-electron chi connectivity index (χ3n) is 3.29. The first kappa shape index (κ1) is 17.8. The topological polar surface area (TPSA) is 71.1 Å². The van der Waals surface area contributed by atoms with E-state index in [2.05, 4.69) is 15.0 Å². The lowest BCUT2D eigenvalue weighted by atomic mass is 10.1. The van der Waals surface area contributed by atoms with E-state index < -0.39 is 10.0 Å². The van der Waals surface area contributed by atoms with E-state index in [9.17, 15) is 8.42 Å². The van der Waals surface area contributed by atoms with Gasteiger partial charge < -0.3 is 5.32 Å². The Kier molecular flexibility index (Phi) is 6.10. The zero-order chi connectivity index (χ0) is 14.8. The number of hydrogen-bond donors (Lipinski definition) is 2. The number of nitrogens with zero attached hydrogens (tertiary/aromatic N) is 1. The molecule has 1 heterocycles. The molecule has 0 aliphatic heterocycles. The largest absolute Gasteiger partial charge is 0.316 e. The number of benzene rings is 1. The van der Waals surface area contributed by atoms with Gasteiger partial charge in [0.15, 0.2) is 0 Å². The predicted octanol–water partition coefficient (Wildman–Crippen LogP) is 1.85. The number of hydrogen-bond acceptors (Lipinski definition) is 4. The zero-order valence-corrected chi connectivity index (χ0v) is 13.9. The number of nitrogens with one attached hydrogen (secondary N) is 2. The van der Waals surface area contributed by atoms with Crippen molar-refractivity contribution in [1.29, 1.82) is 0 Å². The summed E-state index contributed by atoms with van der Waals surface area (Å²) in [7, 11) is -1.74. The van der Waals surface area contributed by atoms with Crippen molar-refractivity contribution in [3.05, 3.63) is 36.0 Å². The first-order chi connectivity index (χ1) is 9.45. The lowest BCUT2D eigenvalue weighted by Crippen LogP contribution is -2.37. The number of rotatable bonds is 5. The molecule has 0 aliphatic rings.